The zero-order valence-electron chi connectivity index (χ0n) is 14.5. The van der Waals surface area contributed by atoms with Gasteiger partial charge in [-0.25, -0.2) is 4.79 Å². The van der Waals surface area contributed by atoms with Crippen LogP contribution in [0.25, 0.3) is 0 Å². The third-order valence-corrected chi connectivity index (χ3v) is 4.40. The van der Waals surface area contributed by atoms with Crippen LogP contribution in [-0.2, 0) is 9.53 Å². The molecule has 29 heavy (non-hydrogen) atoms. The minimum absolute atomic E-state index is 0.0915. The van der Waals surface area contributed by atoms with Crippen LogP contribution in [-0.4, -0.2) is 30.8 Å². The van der Waals surface area contributed by atoms with Crippen LogP contribution in [0.2, 0.25) is 15.1 Å². The Labute approximate surface area is 178 Å². The molecule has 1 amide bonds. The molecular weight excluding hydrogens is 458 g/mol. The quantitative estimate of drug-likeness (QED) is 0.331. The van der Waals surface area contributed by atoms with Gasteiger partial charge in [0, 0.05) is 10.0 Å². The molecule has 2 aromatic carbocycles. The van der Waals surface area contributed by atoms with Crippen molar-refractivity contribution in [3.8, 4) is 0 Å². The Morgan fingerprint density at radius 3 is 2.21 bits per heavy atom. The number of rotatable bonds is 6. The zero-order chi connectivity index (χ0) is 21.8. The summed E-state index contributed by atoms with van der Waals surface area (Å²) >= 11 is 17.4. The number of benzene rings is 2. The molecule has 0 aliphatic heterocycles. The Hall–Kier alpha value is -2.20. The number of ether oxygens (including phenoxy) is 1. The SMILES string of the molecule is COC(=O)[C@](NNc1cccc(Cl)c1)(NC(=O)c1ccc(Cl)cc1Cl)C(F)(F)F. The molecular formula is C17H13Cl3F3N3O3. The minimum Gasteiger partial charge on any atom is -0.466 e. The summed E-state index contributed by atoms with van der Waals surface area (Å²) in [5.74, 6) is -3.12. The molecule has 0 aromatic heterocycles. The topological polar surface area (TPSA) is 79.5 Å². The molecule has 2 rings (SSSR count). The van der Waals surface area contributed by atoms with Crippen molar-refractivity contribution < 1.29 is 27.5 Å². The predicted octanol–water partition coefficient (Wildman–Crippen LogP) is 4.42. The maximum atomic E-state index is 13.9. The van der Waals surface area contributed by atoms with Crippen LogP contribution in [0.4, 0.5) is 18.9 Å². The molecule has 6 nitrogen and oxygen atoms in total. The van der Waals surface area contributed by atoms with E-state index in [0.29, 0.717) is 0 Å². The number of carbonyl (C=O) groups excluding carboxylic acids is 2. The smallest absolute Gasteiger partial charge is 0.438 e. The molecule has 0 aliphatic carbocycles. The zero-order valence-corrected chi connectivity index (χ0v) is 16.8. The van der Waals surface area contributed by atoms with E-state index in [1.807, 2.05) is 0 Å². The Morgan fingerprint density at radius 2 is 1.66 bits per heavy atom. The van der Waals surface area contributed by atoms with E-state index in [-0.39, 0.29) is 26.3 Å². The minimum atomic E-state index is -5.32. The number of hydrogen-bond acceptors (Lipinski definition) is 5. The van der Waals surface area contributed by atoms with E-state index in [4.69, 9.17) is 34.8 Å². The molecule has 0 unspecified atom stereocenters. The fourth-order valence-electron chi connectivity index (χ4n) is 2.19. The number of alkyl halides is 3. The van der Waals surface area contributed by atoms with Gasteiger partial charge in [0.15, 0.2) is 0 Å². The highest BCUT2D eigenvalue weighted by molar-refractivity contribution is 6.36. The average Bonchev–Trinajstić information content (AvgIpc) is 2.63. The lowest BCUT2D eigenvalue weighted by Gasteiger charge is -2.34. The van der Waals surface area contributed by atoms with E-state index in [0.717, 1.165) is 13.2 Å². The average molecular weight is 471 g/mol. The second kappa shape index (κ2) is 9.08. The van der Waals surface area contributed by atoms with Crippen LogP contribution < -0.4 is 16.2 Å². The van der Waals surface area contributed by atoms with Gasteiger partial charge >= 0.3 is 17.8 Å². The summed E-state index contributed by atoms with van der Waals surface area (Å²) in [7, 11) is 0.741. The summed E-state index contributed by atoms with van der Waals surface area (Å²) in [4.78, 5) is 24.6. The number of hydrazine groups is 1. The summed E-state index contributed by atoms with van der Waals surface area (Å²) in [6, 6.07) is 9.18. The lowest BCUT2D eigenvalue weighted by Crippen LogP contribution is -2.73. The van der Waals surface area contributed by atoms with Crippen molar-refractivity contribution >= 4 is 52.4 Å². The highest BCUT2D eigenvalue weighted by Gasteiger charge is 2.63. The number of anilines is 1. The van der Waals surface area contributed by atoms with Gasteiger partial charge in [-0.15, -0.1) is 0 Å². The van der Waals surface area contributed by atoms with Gasteiger partial charge in [0.05, 0.1) is 23.4 Å². The van der Waals surface area contributed by atoms with Gasteiger partial charge in [-0.05, 0) is 36.4 Å². The Bertz CT molecular complexity index is 928. The van der Waals surface area contributed by atoms with Gasteiger partial charge < -0.3 is 15.5 Å². The lowest BCUT2D eigenvalue weighted by atomic mass is 10.1. The van der Waals surface area contributed by atoms with Gasteiger partial charge in [0.1, 0.15) is 0 Å². The number of nitrogens with one attached hydrogen (secondary N) is 3. The molecule has 1 atom stereocenters. The monoisotopic (exact) mass is 469 g/mol. The number of halogens is 6. The number of amides is 1. The van der Waals surface area contributed by atoms with E-state index >= 15 is 0 Å². The highest BCUT2D eigenvalue weighted by atomic mass is 35.5. The molecule has 0 spiro atoms. The Balaban J connectivity index is 2.42. The Morgan fingerprint density at radius 1 is 1.00 bits per heavy atom. The highest BCUT2D eigenvalue weighted by Crippen LogP contribution is 2.31. The van der Waals surface area contributed by atoms with E-state index in [1.54, 1.807) is 10.7 Å². The number of carbonyl (C=O) groups is 2. The van der Waals surface area contributed by atoms with Crippen molar-refractivity contribution in [1.29, 1.82) is 0 Å². The maximum Gasteiger partial charge on any atom is 0.438 e. The molecule has 0 aliphatic rings. The maximum absolute atomic E-state index is 13.9. The normalized spacial score (nSPS) is 13.3. The first-order valence-corrected chi connectivity index (χ1v) is 8.85. The number of esters is 1. The molecule has 12 heteroatoms. The first-order valence-electron chi connectivity index (χ1n) is 7.71. The molecule has 2 aromatic rings. The first kappa shape index (κ1) is 23.1. The summed E-state index contributed by atoms with van der Waals surface area (Å²) in [5, 5.41) is 1.80. The summed E-state index contributed by atoms with van der Waals surface area (Å²) in [5.41, 5.74) is 0.102. The molecule has 3 N–H and O–H groups in total. The molecule has 0 radical (unpaired) electrons. The second-order valence-corrected chi connectivity index (χ2v) is 6.86. The summed E-state index contributed by atoms with van der Waals surface area (Å²) < 4.78 is 46.1. The van der Waals surface area contributed by atoms with Crippen molar-refractivity contribution in [2.75, 3.05) is 12.5 Å². The van der Waals surface area contributed by atoms with E-state index < -0.39 is 23.7 Å². The van der Waals surface area contributed by atoms with E-state index in [1.165, 1.54) is 36.4 Å². The summed E-state index contributed by atoms with van der Waals surface area (Å²) in [6.45, 7) is 0. The van der Waals surface area contributed by atoms with Crippen molar-refractivity contribution in [3.63, 3.8) is 0 Å². The molecule has 0 heterocycles. The lowest BCUT2D eigenvalue weighted by molar-refractivity contribution is -0.215. The van der Waals surface area contributed by atoms with Crippen molar-refractivity contribution in [1.82, 2.24) is 10.7 Å². The van der Waals surface area contributed by atoms with Gasteiger partial charge in [0.2, 0.25) is 0 Å². The van der Waals surface area contributed by atoms with Crippen LogP contribution in [0.1, 0.15) is 10.4 Å². The Kier molecular flexibility index (Phi) is 7.23. The molecule has 0 bridgehead atoms. The molecule has 0 fully saturated rings. The van der Waals surface area contributed by atoms with Crippen molar-refractivity contribution in [2.24, 2.45) is 0 Å². The third-order valence-electron chi connectivity index (χ3n) is 3.61. The number of methoxy groups -OCH3 is 1. The third kappa shape index (κ3) is 5.24. The van der Waals surface area contributed by atoms with Gasteiger partial charge in [0.25, 0.3) is 5.91 Å². The van der Waals surface area contributed by atoms with Gasteiger partial charge in [-0.1, -0.05) is 40.9 Å². The van der Waals surface area contributed by atoms with Crippen molar-refractivity contribution in [2.45, 2.75) is 11.8 Å². The predicted molar refractivity (Wildman–Crippen MR) is 103 cm³/mol. The van der Waals surface area contributed by atoms with Crippen LogP contribution in [0.3, 0.4) is 0 Å². The fraction of sp³-hybridized carbons (Fsp3) is 0.176. The van der Waals surface area contributed by atoms with Crippen LogP contribution in [0, 0.1) is 0 Å². The van der Waals surface area contributed by atoms with Crippen LogP contribution in [0.5, 0.6) is 0 Å². The second-order valence-electron chi connectivity index (χ2n) is 5.58. The first-order chi connectivity index (χ1) is 13.5. The summed E-state index contributed by atoms with van der Waals surface area (Å²) in [6.07, 6.45) is -5.32. The van der Waals surface area contributed by atoms with Gasteiger partial charge in [-0.3, -0.25) is 4.79 Å². The van der Waals surface area contributed by atoms with E-state index in [9.17, 15) is 22.8 Å². The van der Waals surface area contributed by atoms with Crippen LogP contribution in [0.15, 0.2) is 42.5 Å². The molecule has 0 saturated heterocycles. The number of hydrogen-bond donors (Lipinski definition) is 3. The van der Waals surface area contributed by atoms with Crippen molar-refractivity contribution in [3.05, 3.63) is 63.1 Å². The fourth-order valence-corrected chi connectivity index (χ4v) is 2.87. The van der Waals surface area contributed by atoms with Crippen LogP contribution >= 0.6 is 34.8 Å². The van der Waals surface area contributed by atoms with Gasteiger partial charge in [-0.2, -0.15) is 18.6 Å². The van der Waals surface area contributed by atoms with E-state index in [2.05, 4.69) is 10.2 Å². The largest absolute Gasteiger partial charge is 0.466 e. The standard InChI is InChI=1S/C17H13Cl3F3N3O3/c1-29-15(28)16(17(21,22)23,26-25-11-4-2-3-9(18)7-11)24-14(27)12-6-5-10(19)8-13(12)20/h2-8,25-26H,1H3,(H,24,27)/t16-/m1/s1. The molecule has 0 saturated carbocycles. The molecule has 156 valence electrons.